The molecule has 2 bridgehead atoms. The van der Waals surface area contributed by atoms with E-state index in [4.69, 9.17) is 9.15 Å². The molecule has 2 aliphatic heterocycles. The van der Waals surface area contributed by atoms with Crippen LogP contribution in [0.2, 0.25) is 0 Å². The molecule has 0 radical (unpaired) electrons. The van der Waals surface area contributed by atoms with Crippen molar-refractivity contribution in [2.75, 3.05) is 13.2 Å². The molecule has 26 heavy (non-hydrogen) atoms. The van der Waals surface area contributed by atoms with Gasteiger partial charge in [-0.05, 0) is 36.1 Å². The van der Waals surface area contributed by atoms with Crippen LogP contribution in [0, 0.1) is 0 Å². The van der Waals surface area contributed by atoms with E-state index in [9.17, 15) is 5.11 Å². The Hall–Kier alpha value is -2.21. The van der Waals surface area contributed by atoms with E-state index >= 15 is 0 Å². The Kier molecular flexibility index (Phi) is 3.81. The fourth-order valence-corrected chi connectivity index (χ4v) is 4.48. The highest BCUT2D eigenvalue weighted by Gasteiger charge is 2.47. The topological polar surface area (TPSA) is 58.7 Å². The summed E-state index contributed by atoms with van der Waals surface area (Å²) in [6.07, 6.45) is 2.78. The zero-order valence-corrected chi connectivity index (χ0v) is 14.5. The zero-order valence-electron chi connectivity index (χ0n) is 14.5. The summed E-state index contributed by atoms with van der Waals surface area (Å²) in [7, 11) is 0. The Morgan fingerprint density at radius 1 is 1.08 bits per heavy atom. The molecule has 2 aliphatic rings. The molecule has 0 spiro atoms. The number of piperidine rings is 1. The predicted octanol–water partition coefficient (Wildman–Crippen LogP) is 3.08. The van der Waals surface area contributed by atoms with Crippen molar-refractivity contribution in [1.82, 2.24) is 9.88 Å². The van der Waals surface area contributed by atoms with Gasteiger partial charge in [0.25, 0.3) is 0 Å². The molecule has 2 atom stereocenters. The number of hydrogen-bond acceptors (Lipinski definition) is 5. The molecule has 2 saturated heterocycles. The Bertz CT molecular complexity index is 894. The second kappa shape index (κ2) is 6.20. The van der Waals surface area contributed by atoms with Crippen LogP contribution >= 0.6 is 0 Å². The smallest absolute Gasteiger partial charge is 0.181 e. The quantitative estimate of drug-likeness (QED) is 0.787. The van der Waals surface area contributed by atoms with Gasteiger partial charge < -0.3 is 14.3 Å². The van der Waals surface area contributed by atoms with Gasteiger partial charge in [-0.1, -0.05) is 36.4 Å². The van der Waals surface area contributed by atoms with Crippen LogP contribution in [-0.4, -0.2) is 40.3 Å². The highest BCUT2D eigenvalue weighted by Crippen LogP contribution is 2.42. The lowest BCUT2D eigenvalue weighted by atomic mass is 9.76. The van der Waals surface area contributed by atoms with Gasteiger partial charge in [-0.3, -0.25) is 4.90 Å². The Labute approximate surface area is 152 Å². The molecular weight excluding hydrogens is 328 g/mol. The first-order valence-corrected chi connectivity index (χ1v) is 9.15. The number of fused-ring (bicyclic) bond motifs is 3. The number of benzene rings is 2. The van der Waals surface area contributed by atoms with Gasteiger partial charge in [-0.25, -0.2) is 4.98 Å². The van der Waals surface area contributed by atoms with Crippen LogP contribution in [0.1, 0.15) is 24.0 Å². The van der Waals surface area contributed by atoms with Crippen LogP contribution < -0.4 is 0 Å². The largest absolute Gasteiger partial charge is 0.443 e. The number of hydrogen-bond donors (Lipinski definition) is 1. The van der Waals surface area contributed by atoms with Gasteiger partial charge in [0.15, 0.2) is 12.0 Å². The van der Waals surface area contributed by atoms with Gasteiger partial charge in [-0.15, -0.1) is 0 Å². The molecule has 5 nitrogen and oxygen atoms in total. The lowest BCUT2D eigenvalue weighted by Gasteiger charge is -2.52. The van der Waals surface area contributed by atoms with Crippen LogP contribution in [0.15, 0.2) is 59.3 Å². The maximum absolute atomic E-state index is 11.5. The molecule has 0 aliphatic carbocycles. The molecule has 3 aromatic rings. The monoisotopic (exact) mass is 350 g/mol. The van der Waals surface area contributed by atoms with E-state index in [1.165, 1.54) is 12.0 Å². The minimum absolute atomic E-state index is 0.209. The molecule has 0 amide bonds. The average molecular weight is 350 g/mol. The number of ether oxygens (including phenoxy) is 1. The van der Waals surface area contributed by atoms with E-state index in [1.54, 1.807) is 0 Å². The van der Waals surface area contributed by atoms with Crippen molar-refractivity contribution >= 4 is 11.1 Å². The van der Waals surface area contributed by atoms with E-state index in [0.29, 0.717) is 26.1 Å². The minimum Gasteiger partial charge on any atom is -0.443 e. The first-order chi connectivity index (χ1) is 12.7. The Balaban J connectivity index is 1.43. The predicted molar refractivity (Wildman–Crippen MR) is 97.5 cm³/mol. The summed E-state index contributed by atoms with van der Waals surface area (Å²) < 4.78 is 11.1. The third-order valence-corrected chi connectivity index (χ3v) is 5.78. The van der Waals surface area contributed by atoms with E-state index in [1.807, 2.05) is 24.3 Å². The summed E-state index contributed by atoms with van der Waals surface area (Å²) in [6, 6.07) is 16.8. The third-order valence-electron chi connectivity index (χ3n) is 5.78. The third kappa shape index (κ3) is 2.72. The number of aliphatic hydroxyl groups is 1. The van der Waals surface area contributed by atoms with E-state index in [2.05, 4.69) is 34.1 Å². The van der Waals surface area contributed by atoms with Gasteiger partial charge in [-0.2, -0.15) is 0 Å². The number of rotatable bonds is 3. The van der Waals surface area contributed by atoms with Crippen molar-refractivity contribution < 1.29 is 14.3 Å². The van der Waals surface area contributed by atoms with Crippen molar-refractivity contribution in [2.24, 2.45) is 0 Å². The molecule has 134 valence electrons. The highest BCUT2D eigenvalue weighted by molar-refractivity contribution is 5.73. The standard InChI is InChI=1S/C21H22N2O3/c24-21(16-6-7-20-19(8-16)22-14-26-20)9-17-12-25-13-18(10-21)23(17)11-15-4-2-1-3-5-15/h1-8,14,17-18,24H,9-13H2. The first kappa shape index (κ1) is 16.0. The molecule has 3 heterocycles. The van der Waals surface area contributed by atoms with Gasteiger partial charge in [0.05, 0.1) is 18.8 Å². The molecule has 2 unspecified atom stereocenters. The average Bonchev–Trinajstić information content (AvgIpc) is 3.11. The van der Waals surface area contributed by atoms with Crippen LogP contribution in [0.3, 0.4) is 0 Å². The summed E-state index contributed by atoms with van der Waals surface area (Å²) in [4.78, 5) is 6.74. The second-order valence-electron chi connectivity index (χ2n) is 7.48. The fraction of sp³-hybridized carbons (Fsp3) is 0.381. The van der Waals surface area contributed by atoms with Crippen LogP contribution in [0.4, 0.5) is 0 Å². The van der Waals surface area contributed by atoms with E-state index < -0.39 is 5.60 Å². The Morgan fingerprint density at radius 2 is 1.85 bits per heavy atom. The van der Waals surface area contributed by atoms with Gasteiger partial charge in [0.2, 0.25) is 0 Å². The van der Waals surface area contributed by atoms with Crippen LogP contribution in [0.25, 0.3) is 11.1 Å². The molecule has 0 saturated carbocycles. The number of aromatic nitrogens is 1. The van der Waals surface area contributed by atoms with Crippen molar-refractivity contribution in [2.45, 2.75) is 37.1 Å². The van der Waals surface area contributed by atoms with Gasteiger partial charge >= 0.3 is 0 Å². The van der Waals surface area contributed by atoms with Crippen LogP contribution in [-0.2, 0) is 16.9 Å². The number of nitrogens with zero attached hydrogens (tertiary/aromatic N) is 2. The summed E-state index contributed by atoms with van der Waals surface area (Å²) in [5.74, 6) is 0. The summed E-state index contributed by atoms with van der Waals surface area (Å²) in [5.41, 5.74) is 2.93. The Morgan fingerprint density at radius 3 is 2.62 bits per heavy atom. The van der Waals surface area contributed by atoms with Crippen molar-refractivity contribution in [3.63, 3.8) is 0 Å². The lowest BCUT2D eigenvalue weighted by Crippen LogP contribution is -2.60. The van der Waals surface area contributed by atoms with E-state index in [0.717, 1.165) is 23.2 Å². The first-order valence-electron chi connectivity index (χ1n) is 9.15. The second-order valence-corrected chi connectivity index (χ2v) is 7.48. The lowest BCUT2D eigenvalue weighted by molar-refractivity contribution is -0.149. The van der Waals surface area contributed by atoms with Crippen LogP contribution in [0.5, 0.6) is 0 Å². The molecule has 5 heteroatoms. The molecule has 1 aromatic heterocycles. The maximum Gasteiger partial charge on any atom is 0.181 e. The SMILES string of the molecule is OC1(c2ccc3ocnc3c2)CC2COCC(C1)N2Cc1ccccc1. The molecular formula is C21H22N2O3. The summed E-state index contributed by atoms with van der Waals surface area (Å²) in [5, 5.41) is 11.5. The van der Waals surface area contributed by atoms with Crippen molar-refractivity contribution in [3.8, 4) is 0 Å². The fourth-order valence-electron chi connectivity index (χ4n) is 4.48. The van der Waals surface area contributed by atoms with Crippen molar-refractivity contribution in [1.29, 1.82) is 0 Å². The molecule has 2 aromatic carbocycles. The minimum atomic E-state index is -0.848. The normalized spacial score (nSPS) is 29.1. The zero-order chi connectivity index (χ0) is 17.6. The van der Waals surface area contributed by atoms with E-state index in [-0.39, 0.29) is 12.1 Å². The number of oxazole rings is 1. The maximum atomic E-state index is 11.5. The van der Waals surface area contributed by atoms with Crippen molar-refractivity contribution in [3.05, 3.63) is 66.1 Å². The van der Waals surface area contributed by atoms with Gasteiger partial charge in [0.1, 0.15) is 5.52 Å². The highest BCUT2D eigenvalue weighted by atomic mass is 16.5. The summed E-state index contributed by atoms with van der Waals surface area (Å²) >= 11 is 0. The molecule has 2 fully saturated rings. The summed E-state index contributed by atoms with van der Waals surface area (Å²) in [6.45, 7) is 2.23. The van der Waals surface area contributed by atoms with Gasteiger partial charge in [0, 0.05) is 18.6 Å². The molecule has 5 rings (SSSR count). The molecule has 1 N–H and O–H groups in total. The number of morpholine rings is 1.